The van der Waals surface area contributed by atoms with Gasteiger partial charge < -0.3 is 9.15 Å². The minimum Gasteiger partial charge on any atom is -0.469 e. The van der Waals surface area contributed by atoms with Crippen LogP contribution in [0.25, 0.3) is 22.6 Å². The number of carbonyl (C=O) groups excluding carboxylic acids is 2. The molecule has 0 atom stereocenters. The first-order chi connectivity index (χ1) is 12.7. The summed E-state index contributed by atoms with van der Waals surface area (Å²) in [5.41, 5.74) is 2.56. The molecule has 3 aromatic rings. The van der Waals surface area contributed by atoms with Gasteiger partial charge in [0.25, 0.3) is 5.22 Å². The number of benzene rings is 2. The van der Waals surface area contributed by atoms with Crippen LogP contribution in [0.2, 0.25) is 0 Å². The Kier molecular flexibility index (Phi) is 5.86. The van der Waals surface area contributed by atoms with Crippen LogP contribution in [0.5, 0.6) is 0 Å². The van der Waals surface area contributed by atoms with E-state index in [1.165, 1.54) is 18.9 Å². The summed E-state index contributed by atoms with van der Waals surface area (Å²) < 4.78 is 10.4. The first-order valence-electron chi connectivity index (χ1n) is 8.00. The number of rotatable bonds is 7. The molecule has 0 unspecified atom stereocenters. The Hall–Kier alpha value is -2.86. The van der Waals surface area contributed by atoms with Gasteiger partial charge in [-0.15, -0.1) is 0 Å². The van der Waals surface area contributed by atoms with Crippen LogP contribution in [-0.4, -0.2) is 29.6 Å². The summed E-state index contributed by atoms with van der Waals surface area (Å²) in [6.07, 6.45) is -0.249. The van der Waals surface area contributed by atoms with Crippen LogP contribution in [0, 0.1) is 0 Å². The summed E-state index contributed by atoms with van der Waals surface area (Å²) in [6.45, 7) is 0. The molecule has 1 heterocycles. The number of aromatic nitrogens is 1. The maximum atomic E-state index is 11.8. The second-order valence-corrected chi connectivity index (χ2v) is 6.40. The molecule has 132 valence electrons. The summed E-state index contributed by atoms with van der Waals surface area (Å²) in [5, 5.41) is 0.390. The van der Waals surface area contributed by atoms with E-state index in [-0.39, 0.29) is 18.0 Å². The van der Waals surface area contributed by atoms with E-state index in [4.69, 9.17) is 4.42 Å². The third kappa shape index (κ3) is 4.40. The van der Waals surface area contributed by atoms with Crippen LogP contribution in [0.15, 0.2) is 70.3 Å². The number of esters is 1. The molecule has 1 aromatic heterocycles. The molecule has 0 amide bonds. The minimum atomic E-state index is -0.544. The lowest BCUT2D eigenvalue weighted by molar-refractivity contribution is -0.142. The van der Waals surface area contributed by atoms with E-state index in [1.807, 2.05) is 60.7 Å². The van der Waals surface area contributed by atoms with E-state index in [0.29, 0.717) is 11.0 Å². The van der Waals surface area contributed by atoms with Crippen molar-refractivity contribution in [2.24, 2.45) is 0 Å². The van der Waals surface area contributed by atoms with Crippen molar-refractivity contribution in [1.82, 2.24) is 4.98 Å². The van der Waals surface area contributed by atoms with Gasteiger partial charge in [-0.05, 0) is 0 Å². The summed E-state index contributed by atoms with van der Waals surface area (Å²) >= 11 is 1.17. The Morgan fingerprint density at radius 2 is 1.62 bits per heavy atom. The molecule has 0 aliphatic rings. The van der Waals surface area contributed by atoms with E-state index >= 15 is 0 Å². The first kappa shape index (κ1) is 17.9. The van der Waals surface area contributed by atoms with Gasteiger partial charge in [-0.2, -0.15) is 0 Å². The largest absolute Gasteiger partial charge is 0.469 e. The zero-order valence-corrected chi connectivity index (χ0v) is 15.0. The summed E-state index contributed by atoms with van der Waals surface area (Å²) in [6, 6.07) is 19.4. The number of methoxy groups -OCH3 is 1. The quantitative estimate of drug-likeness (QED) is 0.353. The van der Waals surface area contributed by atoms with Crippen molar-refractivity contribution in [2.75, 3.05) is 12.9 Å². The van der Waals surface area contributed by atoms with Gasteiger partial charge in [0.05, 0.1) is 12.9 Å². The van der Waals surface area contributed by atoms with Gasteiger partial charge in [-0.3, -0.25) is 9.59 Å². The maximum Gasteiger partial charge on any atom is 0.313 e. The van der Waals surface area contributed by atoms with Gasteiger partial charge in [0.15, 0.2) is 11.5 Å². The van der Waals surface area contributed by atoms with Crippen molar-refractivity contribution in [1.29, 1.82) is 0 Å². The normalized spacial score (nSPS) is 10.5. The third-order valence-corrected chi connectivity index (χ3v) is 4.50. The summed E-state index contributed by atoms with van der Waals surface area (Å²) in [4.78, 5) is 27.6. The van der Waals surface area contributed by atoms with Crippen LogP contribution in [0.3, 0.4) is 0 Å². The lowest BCUT2D eigenvalue weighted by Crippen LogP contribution is -2.10. The predicted octanol–water partition coefficient (Wildman–Crippen LogP) is 4.23. The van der Waals surface area contributed by atoms with Gasteiger partial charge in [0, 0.05) is 11.1 Å². The van der Waals surface area contributed by atoms with Crippen LogP contribution in [-0.2, 0) is 14.3 Å². The summed E-state index contributed by atoms with van der Waals surface area (Å²) in [5.74, 6) is -0.0295. The lowest BCUT2D eigenvalue weighted by Gasteiger charge is -2.00. The molecule has 0 spiro atoms. The number of ether oxygens (including phenoxy) is 1. The second-order valence-electron chi connectivity index (χ2n) is 5.47. The Morgan fingerprint density at radius 1 is 1.00 bits per heavy atom. The van der Waals surface area contributed by atoms with Crippen LogP contribution in [0.1, 0.15) is 6.42 Å². The molecule has 0 aliphatic carbocycles. The molecule has 0 aliphatic heterocycles. The molecule has 2 aromatic carbocycles. The number of thioether (sulfide) groups is 1. The molecule has 0 radical (unpaired) electrons. The standard InChI is InChI=1S/C20H17NO4S/c1-24-17(23)12-16(22)13-26-20-21-18(14-8-4-2-5-9-14)19(25-20)15-10-6-3-7-11-15/h2-11H,12-13H2,1H3. The number of nitrogens with zero attached hydrogens (tertiary/aromatic N) is 1. The molecule has 5 nitrogen and oxygen atoms in total. The van der Waals surface area contributed by atoms with Crippen molar-refractivity contribution in [3.8, 4) is 22.6 Å². The first-order valence-corrected chi connectivity index (χ1v) is 8.99. The van der Waals surface area contributed by atoms with Gasteiger partial charge in [0.2, 0.25) is 0 Å². The zero-order chi connectivity index (χ0) is 18.4. The lowest BCUT2D eigenvalue weighted by atomic mass is 10.1. The number of hydrogen-bond donors (Lipinski definition) is 0. The molecular formula is C20H17NO4S. The highest BCUT2D eigenvalue weighted by atomic mass is 32.2. The number of oxazole rings is 1. The maximum absolute atomic E-state index is 11.8. The van der Waals surface area contributed by atoms with Gasteiger partial charge in [-0.1, -0.05) is 72.4 Å². The predicted molar refractivity (Wildman–Crippen MR) is 99.7 cm³/mol. The highest BCUT2D eigenvalue weighted by Crippen LogP contribution is 2.35. The number of carbonyl (C=O) groups is 2. The summed E-state index contributed by atoms with van der Waals surface area (Å²) in [7, 11) is 1.26. The van der Waals surface area contributed by atoms with Crippen molar-refractivity contribution in [2.45, 2.75) is 11.6 Å². The van der Waals surface area contributed by atoms with Crippen LogP contribution in [0.4, 0.5) is 0 Å². The Balaban J connectivity index is 1.85. The average Bonchev–Trinajstić information content (AvgIpc) is 3.12. The van der Waals surface area contributed by atoms with E-state index in [2.05, 4.69) is 9.72 Å². The van der Waals surface area contributed by atoms with Crippen molar-refractivity contribution in [3.05, 3.63) is 60.7 Å². The van der Waals surface area contributed by atoms with E-state index in [0.717, 1.165) is 16.8 Å². The van der Waals surface area contributed by atoms with Gasteiger partial charge >= 0.3 is 5.97 Å². The van der Waals surface area contributed by atoms with E-state index in [9.17, 15) is 9.59 Å². The molecule has 0 fully saturated rings. The molecule has 6 heteroatoms. The molecule has 0 saturated carbocycles. The number of hydrogen-bond acceptors (Lipinski definition) is 6. The zero-order valence-electron chi connectivity index (χ0n) is 14.2. The van der Waals surface area contributed by atoms with Crippen LogP contribution < -0.4 is 0 Å². The monoisotopic (exact) mass is 367 g/mol. The fraction of sp³-hybridized carbons (Fsp3) is 0.150. The molecular weight excluding hydrogens is 350 g/mol. The molecule has 0 bridgehead atoms. The smallest absolute Gasteiger partial charge is 0.313 e. The second kappa shape index (κ2) is 8.49. The third-order valence-electron chi connectivity index (χ3n) is 3.62. The SMILES string of the molecule is COC(=O)CC(=O)CSc1nc(-c2ccccc2)c(-c2ccccc2)o1. The highest BCUT2D eigenvalue weighted by Gasteiger charge is 2.18. The van der Waals surface area contributed by atoms with Gasteiger partial charge in [0.1, 0.15) is 12.1 Å². The Labute approximate surface area is 155 Å². The Morgan fingerprint density at radius 3 is 2.23 bits per heavy atom. The van der Waals surface area contributed by atoms with Crippen molar-refractivity contribution >= 4 is 23.5 Å². The van der Waals surface area contributed by atoms with Crippen LogP contribution >= 0.6 is 11.8 Å². The van der Waals surface area contributed by atoms with E-state index in [1.54, 1.807) is 0 Å². The molecule has 0 N–H and O–H groups in total. The topological polar surface area (TPSA) is 69.4 Å². The van der Waals surface area contributed by atoms with Crippen molar-refractivity contribution < 1.29 is 18.7 Å². The minimum absolute atomic E-state index is 0.0953. The molecule has 3 rings (SSSR count). The molecule has 26 heavy (non-hydrogen) atoms. The average molecular weight is 367 g/mol. The molecule has 0 saturated heterocycles. The number of ketones is 1. The fourth-order valence-electron chi connectivity index (χ4n) is 2.37. The van der Waals surface area contributed by atoms with Gasteiger partial charge in [-0.25, -0.2) is 4.98 Å². The van der Waals surface area contributed by atoms with E-state index < -0.39 is 5.97 Å². The van der Waals surface area contributed by atoms with Crippen molar-refractivity contribution in [3.63, 3.8) is 0 Å². The fourth-order valence-corrected chi connectivity index (χ4v) is 3.05. The highest BCUT2D eigenvalue weighted by molar-refractivity contribution is 7.99. The number of Topliss-reactive ketones (excluding diaryl/α,β-unsaturated/α-hetero) is 1. The Bertz CT molecular complexity index is 834.